The van der Waals surface area contributed by atoms with Crippen LogP contribution in [-0.2, 0) is 30.5 Å². The quantitative estimate of drug-likeness (QED) is 0.0409. The minimum absolute atomic E-state index is 0.0500. The van der Waals surface area contributed by atoms with E-state index < -0.39 is 76.0 Å². The molecular weight excluding hydrogens is 990 g/mol. The van der Waals surface area contributed by atoms with Crippen molar-refractivity contribution in [1.82, 2.24) is 25.5 Å². The summed E-state index contributed by atoms with van der Waals surface area (Å²) >= 11 is 7.14. The minimum atomic E-state index is -1.44. The first kappa shape index (κ1) is 53.9. The van der Waals surface area contributed by atoms with Crippen molar-refractivity contribution in [3.05, 3.63) is 106 Å². The fourth-order valence-corrected chi connectivity index (χ4v) is 9.91. The third-order valence-corrected chi connectivity index (χ3v) is 13.8. The van der Waals surface area contributed by atoms with E-state index >= 15 is 13.2 Å². The number of unbranched alkanes of at least 4 members (excludes halogenated alkanes) is 1. The summed E-state index contributed by atoms with van der Waals surface area (Å²) in [4.78, 5) is 78.5. The van der Waals surface area contributed by atoms with Crippen molar-refractivity contribution in [2.24, 2.45) is 10.6 Å². The molecule has 2 aromatic heterocycles. The van der Waals surface area contributed by atoms with E-state index in [1.54, 1.807) is 37.6 Å². The number of nitroso groups, excluding NO2 is 1. The molecule has 3 atom stereocenters. The van der Waals surface area contributed by atoms with E-state index in [2.05, 4.69) is 25.8 Å². The van der Waals surface area contributed by atoms with Gasteiger partial charge in [-0.3, -0.25) is 29.1 Å². The van der Waals surface area contributed by atoms with Crippen molar-refractivity contribution >= 4 is 69.4 Å². The fourth-order valence-electron chi connectivity index (χ4n) is 8.58. The van der Waals surface area contributed by atoms with Crippen LogP contribution in [-0.4, -0.2) is 106 Å². The Labute approximate surface area is 429 Å². The molecule has 0 bridgehead atoms. The van der Waals surface area contributed by atoms with Gasteiger partial charge in [-0.2, -0.15) is 0 Å². The van der Waals surface area contributed by atoms with Gasteiger partial charge < -0.3 is 39.8 Å². The third-order valence-electron chi connectivity index (χ3n) is 12.4. The highest BCUT2D eigenvalue weighted by atomic mass is 32.1. The van der Waals surface area contributed by atoms with Crippen LogP contribution in [0.1, 0.15) is 65.1 Å². The Morgan fingerprint density at radius 3 is 2.36 bits per heavy atom. The number of ether oxygens (including phenoxy) is 3. The van der Waals surface area contributed by atoms with Crippen LogP contribution in [0, 0.1) is 34.7 Å². The Hall–Kier alpha value is -6.88. The molecule has 0 saturated carbocycles. The molecule has 73 heavy (non-hydrogen) atoms. The largest absolute Gasteiger partial charge is 0.491 e. The zero-order valence-corrected chi connectivity index (χ0v) is 42.8. The second kappa shape index (κ2) is 22.5. The molecule has 3 N–H and O–H groups in total. The van der Waals surface area contributed by atoms with E-state index in [1.165, 1.54) is 48.0 Å². The lowest BCUT2D eigenvalue weighted by Crippen LogP contribution is -2.58. The van der Waals surface area contributed by atoms with E-state index in [4.69, 9.17) is 26.4 Å². The van der Waals surface area contributed by atoms with Crippen molar-refractivity contribution in [2.45, 2.75) is 91.1 Å². The van der Waals surface area contributed by atoms with E-state index in [0.717, 1.165) is 51.9 Å². The molecule has 5 aromatic rings. The van der Waals surface area contributed by atoms with Gasteiger partial charge in [0.1, 0.15) is 29.9 Å². The second-order valence-electron chi connectivity index (χ2n) is 19.1. The summed E-state index contributed by atoms with van der Waals surface area (Å²) in [5.74, 6) is -5.40. The highest BCUT2D eigenvalue weighted by Gasteiger charge is 2.51. The molecule has 0 aliphatic carbocycles. The Kier molecular flexibility index (Phi) is 16.6. The zero-order chi connectivity index (χ0) is 52.9. The fraction of sp³-hybridized carbons (Fsp3) is 0.392. The lowest BCUT2D eigenvalue weighted by Gasteiger charge is -2.35. The molecule has 0 unspecified atom stereocenters. The molecule has 0 spiro atoms. The van der Waals surface area contributed by atoms with Crippen molar-refractivity contribution < 1.29 is 51.7 Å². The van der Waals surface area contributed by atoms with Gasteiger partial charge in [0.15, 0.2) is 39.8 Å². The summed E-state index contributed by atoms with van der Waals surface area (Å²) in [6.07, 6.45) is 1.23. The minimum Gasteiger partial charge on any atom is -0.491 e. The number of nitrogens with zero attached hydrogens (tertiary/aromatic N) is 6. The van der Waals surface area contributed by atoms with Gasteiger partial charge in [0.25, 0.3) is 5.91 Å². The molecule has 7 rings (SSSR count). The van der Waals surface area contributed by atoms with Gasteiger partial charge in [-0.05, 0) is 97.9 Å². The third kappa shape index (κ3) is 11.7. The first-order valence-electron chi connectivity index (χ1n) is 23.3. The molecule has 0 radical (unpaired) electrons. The molecule has 17 nitrogen and oxygen atoms in total. The molecule has 4 amide bonds. The van der Waals surface area contributed by atoms with Crippen LogP contribution in [0.25, 0.3) is 21.7 Å². The number of aliphatic hydroxyl groups excluding tert-OH is 1. The Bertz CT molecular complexity index is 2920. The lowest BCUT2D eigenvalue weighted by molar-refractivity contribution is -0.144. The molecule has 2 saturated heterocycles. The lowest BCUT2D eigenvalue weighted by atomic mass is 9.85. The molecular formula is C51H55F3N8O9S2. The molecule has 2 aliphatic rings. The maximum Gasteiger partial charge on any atom is 0.259 e. The smallest absolute Gasteiger partial charge is 0.259 e. The number of aliphatic hydroxyl groups is 1. The molecule has 4 heterocycles. The van der Waals surface area contributed by atoms with Crippen LogP contribution in [0.5, 0.6) is 11.5 Å². The summed E-state index contributed by atoms with van der Waals surface area (Å²) in [5.41, 5.74) is 1.73. The number of anilines is 2. The van der Waals surface area contributed by atoms with Crippen LogP contribution in [0.3, 0.4) is 0 Å². The number of rotatable bonds is 19. The zero-order valence-electron chi connectivity index (χ0n) is 41.2. The van der Waals surface area contributed by atoms with Gasteiger partial charge >= 0.3 is 0 Å². The second-order valence-corrected chi connectivity index (χ2v) is 20.3. The van der Waals surface area contributed by atoms with Crippen LogP contribution in [0.4, 0.5) is 30.2 Å². The molecule has 2 fully saturated rings. The number of likely N-dealkylation sites (tertiary alicyclic amines) is 1. The summed E-state index contributed by atoms with van der Waals surface area (Å²) in [5, 5.41) is 18.8. The molecule has 3 aromatic carbocycles. The topological polar surface area (TPSA) is 205 Å². The number of pyridine rings is 1. The summed E-state index contributed by atoms with van der Waals surface area (Å²) in [6, 6.07) is 13.0. The number of carbonyl (C=O) groups is 4. The van der Waals surface area contributed by atoms with Crippen molar-refractivity contribution in [3.8, 4) is 33.2 Å². The number of nitrogens with one attached hydrogen (secondary N) is 2. The number of benzene rings is 3. The number of thiazole rings is 1. The normalized spacial score (nSPS) is 16.9. The highest BCUT2D eigenvalue weighted by molar-refractivity contribution is 7.81. The van der Waals surface area contributed by atoms with E-state index in [0.29, 0.717) is 12.8 Å². The summed E-state index contributed by atoms with van der Waals surface area (Å²) < 4.78 is 62.8. The maximum atomic E-state index is 15.8. The van der Waals surface area contributed by atoms with E-state index in [1.807, 2.05) is 31.2 Å². The predicted octanol–water partition coefficient (Wildman–Crippen LogP) is 7.91. The van der Waals surface area contributed by atoms with Crippen LogP contribution in [0.15, 0.2) is 77.5 Å². The van der Waals surface area contributed by atoms with Gasteiger partial charge in [0.05, 0.1) is 53.5 Å². The number of hydrogen-bond donors (Lipinski definition) is 3. The number of aryl methyl sites for hydroxylation is 1. The first-order chi connectivity index (χ1) is 34.7. The van der Waals surface area contributed by atoms with Gasteiger partial charge in [0, 0.05) is 37.7 Å². The number of hydrogen-bond acceptors (Lipinski definition) is 14. The van der Waals surface area contributed by atoms with Crippen LogP contribution < -0.4 is 29.9 Å². The SMILES string of the molecule is COc1c(N=O)ccc(N2C(=O)C(C)(C)N(c3cnc(-c4ccc(OCCCCOCC(=O)N[C@H](C(=O)N5C[C@H](O)C[C@H]5C(=O)NCc5ccc(-c6scnc6C)cc5)C(C)(C)C)c(F)c4)c(F)c3)C2=S)c1F. The molecule has 2 aliphatic heterocycles. The first-order valence-corrected chi connectivity index (χ1v) is 24.5. The predicted molar refractivity (Wildman–Crippen MR) is 272 cm³/mol. The Balaban J connectivity index is 0.866. The standard InChI is InChI=1S/C51H55F3N8O9S2/c1-28-44(73-27-57-28)30-12-10-29(11-13-30)23-56-46(65)38-22-33(63)25-60(38)47(66)45(50(2,3)4)58-40(64)26-70-18-8-9-19-71-39-17-14-31(20-34(39)52)42-35(53)21-32(24-55-42)62-49(72)61(48(67)51(62,5)6)37-16-15-36(59-68)43(69-7)41(37)54/h10-17,20-21,24,27,33,38,45,63H,8-9,18-19,22-23,25-26H2,1-7H3,(H,56,65)(H,58,64)/t33-,38+,45-/m1/s1. The maximum absolute atomic E-state index is 15.8. The van der Waals surface area contributed by atoms with Crippen molar-refractivity contribution in [3.63, 3.8) is 0 Å². The number of aromatic nitrogens is 2. The Morgan fingerprint density at radius 2 is 1.71 bits per heavy atom. The van der Waals surface area contributed by atoms with Crippen LogP contribution >= 0.6 is 23.6 Å². The highest BCUT2D eigenvalue weighted by Crippen LogP contribution is 2.42. The number of carbonyl (C=O) groups excluding carboxylic acids is 4. The molecule has 22 heteroatoms. The van der Waals surface area contributed by atoms with Crippen molar-refractivity contribution in [2.75, 3.05) is 43.3 Å². The average molecular weight is 1050 g/mol. The van der Waals surface area contributed by atoms with Crippen LogP contribution in [0.2, 0.25) is 0 Å². The van der Waals surface area contributed by atoms with Gasteiger partial charge in [0.2, 0.25) is 17.7 Å². The van der Waals surface area contributed by atoms with Gasteiger partial charge in [-0.25, -0.2) is 18.2 Å². The number of thiocarbonyl (C=S) groups is 1. The molecule has 386 valence electrons. The van der Waals surface area contributed by atoms with E-state index in [9.17, 15) is 29.2 Å². The van der Waals surface area contributed by atoms with Crippen molar-refractivity contribution in [1.29, 1.82) is 0 Å². The number of β-amino-alcohol motifs (C(OH)–C–C–N with tert-alkyl or cyclic N) is 1. The summed E-state index contributed by atoms with van der Waals surface area (Å²) in [6.45, 7) is 10.3. The van der Waals surface area contributed by atoms with Gasteiger partial charge in [-0.15, -0.1) is 16.2 Å². The number of amides is 4. The number of methoxy groups -OCH3 is 1. The van der Waals surface area contributed by atoms with Gasteiger partial charge in [-0.1, -0.05) is 45.0 Å². The summed E-state index contributed by atoms with van der Waals surface area (Å²) in [7, 11) is 1.14. The number of halogens is 3. The monoisotopic (exact) mass is 1040 g/mol. The van der Waals surface area contributed by atoms with E-state index in [-0.39, 0.29) is 78.5 Å². The Morgan fingerprint density at radius 1 is 1.00 bits per heavy atom. The average Bonchev–Trinajstić information content (AvgIpc) is 4.01.